The molecule has 0 atom stereocenters. The molecule has 2 rings (SSSR count). The molecule has 2 nitrogen and oxygen atoms in total. The predicted octanol–water partition coefficient (Wildman–Crippen LogP) is 4.08. The van der Waals surface area contributed by atoms with E-state index >= 15 is 0 Å². The van der Waals surface area contributed by atoms with Crippen LogP contribution < -0.4 is 11.1 Å². The van der Waals surface area contributed by atoms with Crippen LogP contribution in [0.1, 0.15) is 0 Å². The van der Waals surface area contributed by atoms with E-state index in [2.05, 4.69) is 5.32 Å². The van der Waals surface area contributed by atoms with E-state index in [9.17, 15) is 13.2 Å². The van der Waals surface area contributed by atoms with E-state index in [0.717, 1.165) is 6.07 Å². The third kappa shape index (κ3) is 2.51. The Balaban J connectivity index is 2.43. The first-order valence-electron chi connectivity index (χ1n) is 4.94. The van der Waals surface area contributed by atoms with Gasteiger partial charge in [0, 0.05) is 17.2 Å². The lowest BCUT2D eigenvalue weighted by atomic mass is 10.2. The molecule has 0 aliphatic heterocycles. The number of nitrogen functional groups attached to an aromatic ring is 1. The van der Waals surface area contributed by atoms with Crippen molar-refractivity contribution in [1.29, 1.82) is 0 Å². The summed E-state index contributed by atoms with van der Waals surface area (Å²) in [5.41, 5.74) is 5.84. The van der Waals surface area contributed by atoms with E-state index in [-0.39, 0.29) is 17.1 Å². The Morgan fingerprint density at radius 2 is 1.72 bits per heavy atom. The molecular formula is C12H8ClF3N2. The lowest BCUT2D eigenvalue weighted by Gasteiger charge is -2.11. The molecule has 0 spiro atoms. The molecule has 94 valence electrons. The summed E-state index contributed by atoms with van der Waals surface area (Å²) in [4.78, 5) is 0. The SMILES string of the molecule is Nc1ccc(Cl)cc1Nc1cc(F)cc(F)c1F. The van der Waals surface area contributed by atoms with Crippen molar-refractivity contribution >= 4 is 28.7 Å². The van der Waals surface area contributed by atoms with Crippen LogP contribution in [0.5, 0.6) is 0 Å². The number of hydrogen-bond acceptors (Lipinski definition) is 2. The normalized spacial score (nSPS) is 10.4. The highest BCUT2D eigenvalue weighted by Crippen LogP contribution is 2.29. The largest absolute Gasteiger partial charge is 0.397 e. The van der Waals surface area contributed by atoms with Crippen LogP contribution in [0.2, 0.25) is 5.02 Å². The van der Waals surface area contributed by atoms with E-state index in [0.29, 0.717) is 11.1 Å². The molecule has 0 aliphatic carbocycles. The molecule has 0 amide bonds. The summed E-state index contributed by atoms with van der Waals surface area (Å²) in [6.45, 7) is 0. The zero-order chi connectivity index (χ0) is 13.3. The Morgan fingerprint density at radius 1 is 1.00 bits per heavy atom. The van der Waals surface area contributed by atoms with Crippen LogP contribution in [0.25, 0.3) is 0 Å². The summed E-state index contributed by atoms with van der Waals surface area (Å²) in [7, 11) is 0. The number of halogens is 4. The molecule has 6 heteroatoms. The molecule has 2 aromatic carbocycles. The Bertz CT molecular complexity index is 602. The maximum atomic E-state index is 13.4. The second-order valence-electron chi connectivity index (χ2n) is 3.61. The van der Waals surface area contributed by atoms with Gasteiger partial charge in [-0.15, -0.1) is 0 Å². The van der Waals surface area contributed by atoms with Crippen molar-refractivity contribution in [2.75, 3.05) is 11.1 Å². The number of nitrogens with two attached hydrogens (primary N) is 1. The van der Waals surface area contributed by atoms with Crippen molar-refractivity contribution in [1.82, 2.24) is 0 Å². The predicted molar refractivity (Wildman–Crippen MR) is 65.5 cm³/mol. The molecule has 0 unspecified atom stereocenters. The summed E-state index contributed by atoms with van der Waals surface area (Å²) in [6, 6.07) is 5.77. The van der Waals surface area contributed by atoms with Crippen LogP contribution in [0, 0.1) is 17.5 Å². The van der Waals surface area contributed by atoms with Gasteiger partial charge in [-0.1, -0.05) is 11.6 Å². The number of nitrogens with one attached hydrogen (secondary N) is 1. The topological polar surface area (TPSA) is 38.0 Å². The quantitative estimate of drug-likeness (QED) is 0.638. The van der Waals surface area contributed by atoms with Crippen molar-refractivity contribution in [3.05, 3.63) is 52.8 Å². The summed E-state index contributed by atoms with van der Waals surface area (Å²) >= 11 is 5.75. The Labute approximate surface area is 106 Å². The van der Waals surface area contributed by atoms with Gasteiger partial charge in [0.2, 0.25) is 0 Å². The number of hydrogen-bond donors (Lipinski definition) is 2. The summed E-state index contributed by atoms with van der Waals surface area (Å²) in [5, 5.41) is 2.86. The van der Waals surface area contributed by atoms with Gasteiger partial charge in [0.1, 0.15) is 5.82 Å². The second-order valence-corrected chi connectivity index (χ2v) is 4.04. The zero-order valence-corrected chi connectivity index (χ0v) is 9.73. The highest BCUT2D eigenvalue weighted by atomic mass is 35.5. The van der Waals surface area contributed by atoms with E-state index in [1.54, 1.807) is 6.07 Å². The minimum atomic E-state index is -1.28. The third-order valence-electron chi connectivity index (χ3n) is 2.28. The Kier molecular flexibility index (Phi) is 3.34. The van der Waals surface area contributed by atoms with E-state index in [1.165, 1.54) is 12.1 Å². The molecule has 0 bridgehead atoms. The fourth-order valence-electron chi connectivity index (χ4n) is 1.43. The molecule has 0 radical (unpaired) electrons. The maximum absolute atomic E-state index is 13.4. The minimum Gasteiger partial charge on any atom is -0.397 e. The van der Waals surface area contributed by atoms with Crippen molar-refractivity contribution in [2.24, 2.45) is 0 Å². The van der Waals surface area contributed by atoms with Crippen molar-refractivity contribution in [2.45, 2.75) is 0 Å². The Hall–Kier alpha value is -1.88. The van der Waals surface area contributed by atoms with Gasteiger partial charge < -0.3 is 11.1 Å². The van der Waals surface area contributed by atoms with E-state index < -0.39 is 17.5 Å². The van der Waals surface area contributed by atoms with Gasteiger partial charge in [-0.05, 0) is 18.2 Å². The highest BCUT2D eigenvalue weighted by molar-refractivity contribution is 6.31. The first-order chi connectivity index (χ1) is 8.47. The molecule has 0 saturated carbocycles. The molecule has 0 aliphatic rings. The van der Waals surface area contributed by atoms with Gasteiger partial charge in [0.15, 0.2) is 11.6 Å². The van der Waals surface area contributed by atoms with Crippen LogP contribution in [-0.2, 0) is 0 Å². The van der Waals surface area contributed by atoms with Crippen LogP contribution >= 0.6 is 11.6 Å². The van der Waals surface area contributed by atoms with Crippen molar-refractivity contribution in [3.63, 3.8) is 0 Å². The van der Waals surface area contributed by atoms with Gasteiger partial charge in [0.25, 0.3) is 0 Å². The van der Waals surface area contributed by atoms with E-state index in [4.69, 9.17) is 17.3 Å². The highest BCUT2D eigenvalue weighted by Gasteiger charge is 2.12. The monoisotopic (exact) mass is 272 g/mol. The minimum absolute atomic E-state index is 0.270. The fourth-order valence-corrected chi connectivity index (χ4v) is 1.60. The molecule has 3 N–H and O–H groups in total. The standard InChI is InChI=1S/C12H8ClF3N2/c13-6-1-2-9(17)10(3-6)18-11-5-7(14)4-8(15)12(11)16/h1-5,18H,17H2. The second kappa shape index (κ2) is 4.78. The fraction of sp³-hybridized carbons (Fsp3) is 0. The molecular weight excluding hydrogens is 265 g/mol. The smallest absolute Gasteiger partial charge is 0.182 e. The number of benzene rings is 2. The lowest BCUT2D eigenvalue weighted by Crippen LogP contribution is -2.00. The first-order valence-corrected chi connectivity index (χ1v) is 5.32. The summed E-state index contributed by atoms with van der Waals surface area (Å²) < 4.78 is 39.4. The van der Waals surface area contributed by atoms with E-state index in [1.807, 2.05) is 0 Å². The molecule has 2 aromatic rings. The van der Waals surface area contributed by atoms with Crippen LogP contribution in [-0.4, -0.2) is 0 Å². The van der Waals surface area contributed by atoms with Gasteiger partial charge >= 0.3 is 0 Å². The number of anilines is 3. The van der Waals surface area contributed by atoms with Gasteiger partial charge in [-0.3, -0.25) is 0 Å². The van der Waals surface area contributed by atoms with Crippen molar-refractivity contribution in [3.8, 4) is 0 Å². The molecule has 18 heavy (non-hydrogen) atoms. The average molecular weight is 273 g/mol. The zero-order valence-electron chi connectivity index (χ0n) is 8.98. The third-order valence-corrected chi connectivity index (χ3v) is 2.51. The average Bonchev–Trinajstić information content (AvgIpc) is 2.30. The Morgan fingerprint density at radius 3 is 2.44 bits per heavy atom. The maximum Gasteiger partial charge on any atom is 0.182 e. The van der Waals surface area contributed by atoms with Crippen LogP contribution in [0.3, 0.4) is 0 Å². The lowest BCUT2D eigenvalue weighted by molar-refractivity contribution is 0.498. The van der Waals surface area contributed by atoms with Gasteiger partial charge in [0.05, 0.1) is 17.1 Å². The first kappa shape index (κ1) is 12.6. The van der Waals surface area contributed by atoms with Gasteiger partial charge in [-0.2, -0.15) is 0 Å². The van der Waals surface area contributed by atoms with Crippen LogP contribution in [0.4, 0.5) is 30.2 Å². The van der Waals surface area contributed by atoms with Crippen LogP contribution in [0.15, 0.2) is 30.3 Å². The summed E-state index contributed by atoms with van der Waals surface area (Å²) in [5.74, 6) is -3.36. The molecule has 0 fully saturated rings. The molecule has 0 saturated heterocycles. The molecule has 0 heterocycles. The summed E-state index contributed by atoms with van der Waals surface area (Å²) in [6.07, 6.45) is 0. The van der Waals surface area contributed by atoms with Crippen molar-refractivity contribution < 1.29 is 13.2 Å². The molecule has 0 aromatic heterocycles. The number of rotatable bonds is 2. The van der Waals surface area contributed by atoms with Gasteiger partial charge in [-0.25, -0.2) is 13.2 Å².